The van der Waals surface area contributed by atoms with Gasteiger partial charge < -0.3 is 47.1 Å². The van der Waals surface area contributed by atoms with Gasteiger partial charge in [-0.15, -0.1) is 0 Å². The van der Waals surface area contributed by atoms with Crippen LogP contribution in [0, 0.1) is 0 Å². The average Bonchev–Trinajstić information content (AvgIpc) is 3.70. The van der Waals surface area contributed by atoms with Gasteiger partial charge >= 0.3 is 13.5 Å². The predicted molar refractivity (Wildman–Crippen MR) is 157 cm³/mol. The summed E-state index contributed by atoms with van der Waals surface area (Å²) in [6, 6.07) is 1.58. The van der Waals surface area contributed by atoms with E-state index in [4.69, 9.17) is 35.7 Å². The first-order valence-corrected chi connectivity index (χ1v) is 15.6. The first-order chi connectivity index (χ1) is 21.5. The Hall–Kier alpha value is -3.75. The molecular weight excluding hydrogens is 617 g/mol. The second-order valence-corrected chi connectivity index (χ2v) is 11.8. The van der Waals surface area contributed by atoms with Gasteiger partial charge in [0, 0.05) is 32.1 Å². The van der Waals surface area contributed by atoms with E-state index < -0.39 is 63.6 Å². The maximum Gasteiger partial charge on any atom is 0.472 e. The van der Waals surface area contributed by atoms with E-state index in [1.54, 1.807) is 10.6 Å². The minimum Gasteiger partial charge on any atom is -0.394 e. The van der Waals surface area contributed by atoms with Gasteiger partial charge in [0.2, 0.25) is 0 Å². The summed E-state index contributed by atoms with van der Waals surface area (Å²) in [4.78, 5) is 43.3. The van der Waals surface area contributed by atoms with Crippen LogP contribution in [0.2, 0.25) is 0 Å². The van der Waals surface area contributed by atoms with Crippen molar-refractivity contribution in [1.29, 1.82) is 0 Å². The first kappa shape index (κ1) is 32.6. The van der Waals surface area contributed by atoms with Crippen LogP contribution in [0.5, 0.6) is 0 Å². The lowest BCUT2D eigenvalue weighted by atomic mass is 10.2. The minimum absolute atomic E-state index is 0.0313. The van der Waals surface area contributed by atoms with Crippen molar-refractivity contribution in [1.82, 2.24) is 29.1 Å². The number of hydrogen-bond donors (Lipinski definition) is 7. The molecule has 0 spiro atoms. The van der Waals surface area contributed by atoms with Crippen molar-refractivity contribution in [2.45, 2.75) is 62.6 Å². The Labute approximate surface area is 255 Å². The number of imidazole rings is 1. The van der Waals surface area contributed by atoms with Gasteiger partial charge in [0.05, 0.1) is 25.6 Å². The number of phosphoric ester groups is 1. The Kier molecular flexibility index (Phi) is 10.2. The smallest absolute Gasteiger partial charge is 0.394 e. The molecular formula is C24H36N11O9P. The van der Waals surface area contributed by atoms with Crippen molar-refractivity contribution in [3.05, 3.63) is 35.4 Å². The molecule has 0 aromatic carbocycles. The summed E-state index contributed by atoms with van der Waals surface area (Å²) in [7, 11) is -4.73. The van der Waals surface area contributed by atoms with Crippen LogP contribution >= 0.6 is 7.82 Å². The lowest BCUT2D eigenvalue weighted by Crippen LogP contribution is -2.29. The second-order valence-electron chi connectivity index (χ2n) is 10.4. The molecule has 2 aliphatic heterocycles. The fourth-order valence-electron chi connectivity index (χ4n) is 5.02. The average molecular weight is 654 g/mol. The maximum atomic E-state index is 12.9. The molecule has 5 heterocycles. The number of hydrogen-bond acceptors (Lipinski definition) is 15. The standard InChI is InChI=1S/C24H36N11O9P/c25-21-20-22(31-11-30-21)35(12-32-20)18-7-13(37)16(43-18)10-41-45(39,40)44-14-8-19(42-15(14)9-36)34-6-3-17(33-24(34)38)28-4-1-2-5-29-23(26)27/h3,6,11-16,18-19,36-37H,1-2,4-5,7-10H2,(H,39,40)(H2,25,30,31)(H4,26,27,29)(H,28,33,38). The summed E-state index contributed by atoms with van der Waals surface area (Å²) in [5, 5.41) is 23.4. The highest BCUT2D eigenvalue weighted by molar-refractivity contribution is 7.47. The fraction of sp³-hybridized carbons (Fsp3) is 0.583. The van der Waals surface area contributed by atoms with Gasteiger partial charge in [0.15, 0.2) is 17.4 Å². The van der Waals surface area contributed by atoms with E-state index in [0.717, 1.165) is 12.8 Å². The predicted octanol–water partition coefficient (Wildman–Crippen LogP) is -1.44. The number of nitrogens with one attached hydrogen (secondary N) is 1. The molecule has 0 amide bonds. The second kappa shape index (κ2) is 14.1. The highest BCUT2D eigenvalue weighted by Gasteiger charge is 2.43. The Morgan fingerprint density at radius 1 is 1.16 bits per heavy atom. The molecule has 7 unspecified atom stereocenters. The number of guanidine groups is 1. The summed E-state index contributed by atoms with van der Waals surface area (Å²) < 4.78 is 37.7. The zero-order valence-electron chi connectivity index (χ0n) is 24.0. The molecule has 10 N–H and O–H groups in total. The first-order valence-electron chi connectivity index (χ1n) is 14.1. The lowest BCUT2D eigenvalue weighted by Gasteiger charge is -2.21. The molecule has 21 heteroatoms. The van der Waals surface area contributed by atoms with Crippen LogP contribution in [0.25, 0.3) is 11.2 Å². The Bertz CT molecular complexity index is 1600. The number of aliphatic imine (C=N–C) groups is 1. The van der Waals surface area contributed by atoms with Crippen LogP contribution in [-0.4, -0.2) is 101 Å². The fourth-order valence-corrected chi connectivity index (χ4v) is 5.98. The topological polar surface area (TPSA) is 296 Å². The highest BCUT2D eigenvalue weighted by Crippen LogP contribution is 2.49. The third-order valence-corrected chi connectivity index (χ3v) is 8.27. The number of fused-ring (bicyclic) bond motifs is 1. The van der Waals surface area contributed by atoms with Crippen molar-refractivity contribution in [3.63, 3.8) is 0 Å². The van der Waals surface area contributed by atoms with Crippen LogP contribution in [0.4, 0.5) is 11.6 Å². The molecule has 20 nitrogen and oxygen atoms in total. The summed E-state index contributed by atoms with van der Waals surface area (Å²) in [5.74, 6) is 0.574. The number of rotatable bonds is 14. The molecule has 7 atom stereocenters. The summed E-state index contributed by atoms with van der Waals surface area (Å²) in [6.07, 6.45) is -0.0309. The van der Waals surface area contributed by atoms with E-state index in [2.05, 4.69) is 30.2 Å². The number of unbranched alkanes of at least 4 members (excludes halogenated alkanes) is 1. The van der Waals surface area contributed by atoms with Crippen molar-refractivity contribution in [2.75, 3.05) is 37.4 Å². The molecule has 0 aliphatic carbocycles. The molecule has 3 aromatic heterocycles. The van der Waals surface area contributed by atoms with Gasteiger partial charge in [-0.3, -0.25) is 23.2 Å². The Balaban J connectivity index is 1.13. The zero-order chi connectivity index (χ0) is 32.1. The largest absolute Gasteiger partial charge is 0.472 e. The molecule has 0 radical (unpaired) electrons. The van der Waals surface area contributed by atoms with Crippen LogP contribution in [0.1, 0.15) is 38.1 Å². The maximum absolute atomic E-state index is 12.9. The monoisotopic (exact) mass is 653 g/mol. The van der Waals surface area contributed by atoms with Crippen molar-refractivity contribution in [3.8, 4) is 0 Å². The van der Waals surface area contributed by atoms with Gasteiger partial charge in [-0.25, -0.2) is 24.3 Å². The molecule has 0 saturated carbocycles. The van der Waals surface area contributed by atoms with Crippen LogP contribution in [0.15, 0.2) is 34.7 Å². The quantitative estimate of drug-likeness (QED) is 0.0453. The van der Waals surface area contributed by atoms with E-state index >= 15 is 0 Å². The summed E-state index contributed by atoms with van der Waals surface area (Å²) in [5.41, 5.74) is 16.6. The number of aliphatic hydroxyl groups is 2. The van der Waals surface area contributed by atoms with Gasteiger partial charge in [-0.2, -0.15) is 4.98 Å². The number of ether oxygens (including phenoxy) is 2. The van der Waals surface area contributed by atoms with Crippen molar-refractivity contribution < 1.29 is 38.2 Å². The number of nitrogen functional groups attached to an aromatic ring is 1. The van der Waals surface area contributed by atoms with Gasteiger partial charge in [-0.1, -0.05) is 0 Å². The van der Waals surface area contributed by atoms with E-state index in [1.165, 1.54) is 23.4 Å². The van der Waals surface area contributed by atoms with Crippen molar-refractivity contribution in [2.24, 2.45) is 16.5 Å². The van der Waals surface area contributed by atoms with Gasteiger partial charge in [0.25, 0.3) is 0 Å². The summed E-state index contributed by atoms with van der Waals surface area (Å²) >= 11 is 0. The van der Waals surface area contributed by atoms with Gasteiger partial charge in [0.1, 0.15) is 48.4 Å². The minimum atomic E-state index is -4.73. The van der Waals surface area contributed by atoms with E-state index in [0.29, 0.717) is 30.1 Å². The third kappa shape index (κ3) is 7.92. The normalized spacial score (nSPS) is 26.2. The molecule has 246 valence electrons. The number of aliphatic hydroxyl groups excluding tert-OH is 2. The van der Waals surface area contributed by atoms with Crippen molar-refractivity contribution >= 4 is 36.6 Å². The van der Waals surface area contributed by atoms with Crippen LogP contribution in [0.3, 0.4) is 0 Å². The number of nitrogens with zero attached hydrogens (tertiary/aromatic N) is 7. The number of nitrogens with two attached hydrogens (primary N) is 3. The van der Waals surface area contributed by atoms with Gasteiger partial charge in [-0.05, 0) is 18.9 Å². The van der Waals surface area contributed by atoms with E-state index in [-0.39, 0.29) is 24.6 Å². The third-order valence-electron chi connectivity index (χ3n) is 7.26. The molecule has 0 bridgehead atoms. The number of phosphoric acid groups is 1. The number of anilines is 2. The Morgan fingerprint density at radius 2 is 1.93 bits per heavy atom. The zero-order valence-corrected chi connectivity index (χ0v) is 24.9. The SMILES string of the molecule is NC(N)=NCCCCNc1ccn(C2CC(OP(=O)(O)OCC3OC(n4cnc5c(N)ncnc54)CC3O)C(CO)O2)c(=O)n1. The summed E-state index contributed by atoms with van der Waals surface area (Å²) in [6.45, 7) is -0.00492. The highest BCUT2D eigenvalue weighted by atomic mass is 31.2. The van der Waals surface area contributed by atoms with E-state index in [1.807, 2.05) is 0 Å². The van der Waals surface area contributed by atoms with E-state index in [9.17, 15) is 24.5 Å². The molecule has 5 rings (SSSR count). The molecule has 2 saturated heterocycles. The molecule has 3 aromatic rings. The Morgan fingerprint density at radius 3 is 2.69 bits per heavy atom. The molecule has 45 heavy (non-hydrogen) atoms. The van der Waals surface area contributed by atoms with Crippen LogP contribution in [-0.2, 0) is 23.1 Å². The van der Waals surface area contributed by atoms with Crippen LogP contribution < -0.4 is 28.2 Å². The number of aromatic nitrogens is 6. The molecule has 2 fully saturated rings. The molecule has 2 aliphatic rings. The lowest BCUT2D eigenvalue weighted by molar-refractivity contribution is -0.0564.